The van der Waals surface area contributed by atoms with Crippen LogP contribution in [0.2, 0.25) is 0 Å². The van der Waals surface area contributed by atoms with Crippen molar-refractivity contribution < 1.29 is 9.05 Å². The van der Waals surface area contributed by atoms with Gasteiger partial charge in [-0.25, -0.2) is 5.16 Å². The minimum absolute atomic E-state index is 0. The summed E-state index contributed by atoms with van der Waals surface area (Å²) in [5.74, 6) is 0. The maximum Gasteiger partial charge on any atom is 0.229 e. The van der Waals surface area contributed by atoms with Crippen LogP contribution in [0.3, 0.4) is 0 Å². The van der Waals surface area contributed by atoms with Crippen molar-refractivity contribution in [1.82, 2.24) is 0 Å². The molecule has 4 heteroatoms. The molecule has 0 aromatic heterocycles. The summed E-state index contributed by atoms with van der Waals surface area (Å²) >= 11 is 0. The molecule has 8 heavy (non-hydrogen) atoms. The van der Waals surface area contributed by atoms with Crippen molar-refractivity contribution in [2.45, 2.75) is 13.8 Å². The van der Waals surface area contributed by atoms with Gasteiger partial charge >= 0.3 is 0 Å². The van der Waals surface area contributed by atoms with Crippen LogP contribution in [0.4, 0.5) is 0 Å². The van der Waals surface area contributed by atoms with Crippen LogP contribution < -0.4 is 0 Å². The van der Waals surface area contributed by atoms with E-state index in [0.29, 0.717) is 13.2 Å². The molecule has 1 rings (SSSR count). The molecule has 0 unspecified atom stereocenters. The molecule has 1 heterocycles. The molecule has 1 aliphatic rings. The third-order valence-electron chi connectivity index (χ3n) is 0.706. The average molecular weight is 136 g/mol. The van der Waals surface area contributed by atoms with E-state index in [1.807, 2.05) is 0 Å². The van der Waals surface area contributed by atoms with Crippen LogP contribution >= 0.6 is 8.17 Å². The number of nitrogens with one attached hydrogen (secondary N) is 1. The Kier molecular flexibility index (Phi) is 3.97. The van der Waals surface area contributed by atoms with Crippen molar-refractivity contribution in [3.05, 3.63) is 0 Å². The summed E-state index contributed by atoms with van der Waals surface area (Å²) in [6.45, 7) is 1.41. The molecule has 0 aromatic carbocycles. The lowest BCUT2D eigenvalue weighted by molar-refractivity contribution is 0.187. The second-order valence-electron chi connectivity index (χ2n) is 1.28. The molecule has 1 aliphatic heterocycles. The van der Waals surface area contributed by atoms with Crippen LogP contribution in [-0.2, 0) is 9.05 Å². The second-order valence-corrected chi connectivity index (χ2v) is 2.31. The molecule has 0 atom stereocenters. The summed E-state index contributed by atoms with van der Waals surface area (Å²) in [5, 5.41) is 6.89. The first-order valence-corrected chi connectivity index (χ1v) is 3.34. The molecule has 0 amide bonds. The summed E-state index contributed by atoms with van der Waals surface area (Å²) in [4.78, 5) is 0. The number of rotatable bonds is 0. The van der Waals surface area contributed by atoms with E-state index >= 15 is 0 Å². The van der Waals surface area contributed by atoms with Crippen LogP contribution in [0.1, 0.15) is 13.8 Å². The standard InChI is InChI=1S/C3H7NO2P.CH4/c4-7-5-2-1-3-6-7;/h4H,1-3H2;1H4. The largest absolute Gasteiger partial charge is 0.299 e. The minimum atomic E-state index is -1.24. The van der Waals surface area contributed by atoms with Gasteiger partial charge < -0.3 is 0 Å². The second kappa shape index (κ2) is 3.96. The summed E-state index contributed by atoms with van der Waals surface area (Å²) < 4.78 is 9.57. The Morgan fingerprint density at radius 3 is 2.00 bits per heavy atom. The van der Waals surface area contributed by atoms with Crippen molar-refractivity contribution >= 4 is 8.17 Å². The molecule has 1 saturated heterocycles. The van der Waals surface area contributed by atoms with Gasteiger partial charge in [-0.1, -0.05) is 7.43 Å². The van der Waals surface area contributed by atoms with E-state index in [0.717, 1.165) is 6.42 Å². The Balaban J connectivity index is 0.000000490. The van der Waals surface area contributed by atoms with Crippen LogP contribution in [0.25, 0.3) is 0 Å². The third kappa shape index (κ3) is 2.36. The van der Waals surface area contributed by atoms with Crippen molar-refractivity contribution in [3.8, 4) is 0 Å². The lowest BCUT2D eigenvalue weighted by Crippen LogP contribution is -2.00. The molecule has 0 aliphatic carbocycles. The van der Waals surface area contributed by atoms with Gasteiger partial charge in [-0.2, -0.15) is 0 Å². The molecule has 0 saturated carbocycles. The van der Waals surface area contributed by atoms with Gasteiger partial charge in [-0.3, -0.25) is 9.05 Å². The van der Waals surface area contributed by atoms with Crippen LogP contribution in [0.15, 0.2) is 0 Å². The van der Waals surface area contributed by atoms with Gasteiger partial charge in [0.2, 0.25) is 8.17 Å². The summed E-state index contributed by atoms with van der Waals surface area (Å²) in [5.41, 5.74) is 0. The van der Waals surface area contributed by atoms with E-state index in [-0.39, 0.29) is 7.43 Å². The SMILES string of the molecule is C.N=[P]1OCCCO1. The average Bonchev–Trinajstić information content (AvgIpc) is 1.69. The number of hydrogen-bond acceptors (Lipinski definition) is 3. The molecule has 49 valence electrons. The van der Waals surface area contributed by atoms with Crippen molar-refractivity contribution in [2.24, 2.45) is 0 Å². The molecular weight excluding hydrogens is 125 g/mol. The summed E-state index contributed by atoms with van der Waals surface area (Å²) in [6.07, 6.45) is 0.942. The van der Waals surface area contributed by atoms with E-state index in [4.69, 9.17) is 14.2 Å². The smallest absolute Gasteiger partial charge is 0.229 e. The Morgan fingerprint density at radius 1 is 1.25 bits per heavy atom. The molecule has 0 bridgehead atoms. The first-order valence-electron chi connectivity index (χ1n) is 2.17. The van der Waals surface area contributed by atoms with Gasteiger partial charge in [0.1, 0.15) is 0 Å². The van der Waals surface area contributed by atoms with Gasteiger partial charge in [-0.15, -0.1) is 0 Å². The summed E-state index contributed by atoms with van der Waals surface area (Å²) in [6, 6.07) is 0. The van der Waals surface area contributed by atoms with Crippen molar-refractivity contribution in [3.63, 3.8) is 0 Å². The monoisotopic (exact) mass is 136 g/mol. The highest BCUT2D eigenvalue weighted by Gasteiger charge is 2.02. The van der Waals surface area contributed by atoms with E-state index < -0.39 is 8.17 Å². The molecule has 1 N–H and O–H groups in total. The lowest BCUT2D eigenvalue weighted by atomic mass is 10.5. The van der Waals surface area contributed by atoms with E-state index in [1.165, 1.54) is 0 Å². The van der Waals surface area contributed by atoms with Crippen molar-refractivity contribution in [1.29, 1.82) is 5.16 Å². The molecule has 3 nitrogen and oxygen atoms in total. The van der Waals surface area contributed by atoms with Gasteiger partial charge in [-0.05, 0) is 6.42 Å². The fourth-order valence-corrected chi connectivity index (χ4v) is 1.06. The predicted octanol–water partition coefficient (Wildman–Crippen LogP) is 2.13. The van der Waals surface area contributed by atoms with E-state index in [2.05, 4.69) is 0 Å². The van der Waals surface area contributed by atoms with Crippen LogP contribution in [0.5, 0.6) is 0 Å². The first kappa shape index (κ1) is 8.02. The third-order valence-corrected chi connectivity index (χ3v) is 1.54. The zero-order valence-corrected chi connectivity index (χ0v) is 4.78. The molecule has 0 aromatic rings. The Morgan fingerprint density at radius 2 is 1.75 bits per heavy atom. The van der Waals surface area contributed by atoms with Gasteiger partial charge in [0.25, 0.3) is 0 Å². The van der Waals surface area contributed by atoms with Gasteiger partial charge in [0, 0.05) is 0 Å². The quantitative estimate of drug-likeness (QED) is 0.518. The molecule has 0 spiro atoms. The lowest BCUT2D eigenvalue weighted by Gasteiger charge is -2.10. The van der Waals surface area contributed by atoms with E-state index in [1.54, 1.807) is 0 Å². The fourth-order valence-electron chi connectivity index (χ4n) is 0.391. The normalized spacial score (nSPS) is 19.8. The highest BCUT2D eigenvalue weighted by Crippen LogP contribution is 2.28. The fraction of sp³-hybridized carbons (Fsp3) is 1.00. The summed E-state index contributed by atoms with van der Waals surface area (Å²) in [7, 11) is -1.24. The number of hydrogen-bond donors (Lipinski definition) is 1. The topological polar surface area (TPSA) is 42.3 Å². The van der Waals surface area contributed by atoms with Crippen LogP contribution in [-0.4, -0.2) is 13.2 Å². The van der Waals surface area contributed by atoms with Crippen molar-refractivity contribution in [2.75, 3.05) is 13.2 Å². The van der Waals surface area contributed by atoms with E-state index in [9.17, 15) is 0 Å². The highest BCUT2D eigenvalue weighted by atomic mass is 31.1. The Bertz CT molecular complexity index is 78.1. The maximum absolute atomic E-state index is 6.89. The predicted molar refractivity (Wildman–Crippen MR) is 32.9 cm³/mol. The Hall–Kier alpha value is 0.0200. The molecule has 1 radical (unpaired) electrons. The Labute approximate surface area is 50.4 Å². The maximum atomic E-state index is 6.89. The molecular formula is C4H11NO2P. The first-order chi connectivity index (χ1) is 3.39. The molecule has 1 fully saturated rings. The van der Waals surface area contributed by atoms with Gasteiger partial charge in [0.15, 0.2) is 0 Å². The zero-order valence-electron chi connectivity index (χ0n) is 3.89. The van der Waals surface area contributed by atoms with Crippen LogP contribution in [0, 0.1) is 5.16 Å². The van der Waals surface area contributed by atoms with Gasteiger partial charge in [0.05, 0.1) is 13.2 Å². The highest BCUT2D eigenvalue weighted by molar-refractivity contribution is 7.34. The zero-order chi connectivity index (χ0) is 5.11. The minimum Gasteiger partial charge on any atom is -0.299 e.